The molecule has 0 aliphatic carbocycles. The molecule has 0 bridgehead atoms. The zero-order valence-corrected chi connectivity index (χ0v) is 18.3. The first kappa shape index (κ1) is 22.3. The van der Waals surface area contributed by atoms with Crippen LogP contribution in [0.3, 0.4) is 0 Å². The Hall–Kier alpha value is -2.95. The van der Waals surface area contributed by atoms with E-state index in [-0.39, 0.29) is 56.6 Å². The largest absolute Gasteiger partial charge is 0.445 e. The number of hydrogen-bond acceptors (Lipinski definition) is 6. The van der Waals surface area contributed by atoms with Crippen molar-refractivity contribution >= 4 is 27.7 Å². The van der Waals surface area contributed by atoms with Gasteiger partial charge in [0, 0.05) is 31.9 Å². The number of anilines is 1. The molecule has 2 aromatic carbocycles. The Bertz CT molecular complexity index is 1070. The lowest BCUT2D eigenvalue weighted by Crippen LogP contribution is -2.50. The van der Waals surface area contributed by atoms with Gasteiger partial charge in [0.15, 0.2) is 0 Å². The molecule has 170 valence electrons. The molecule has 0 saturated carbocycles. The van der Waals surface area contributed by atoms with Gasteiger partial charge < -0.3 is 19.6 Å². The number of carbonyl (C=O) groups excluding carboxylic acids is 2. The Morgan fingerprint density at radius 1 is 1.00 bits per heavy atom. The molecule has 2 amide bonds. The van der Waals surface area contributed by atoms with Crippen LogP contribution in [0.15, 0.2) is 59.5 Å². The standard InChI is InChI=1S/C22H25N3O6S/c26-19-14-21(27)25(15-19)18-6-8-20(9-7-18)32(29,30)24-12-10-23(11-13-24)22(28)31-16-17-4-2-1-3-5-17/h1-9,19,26H,10-16H2. The van der Waals surface area contributed by atoms with E-state index >= 15 is 0 Å². The van der Waals surface area contributed by atoms with Crippen LogP contribution in [-0.2, 0) is 26.2 Å². The van der Waals surface area contributed by atoms with Crippen molar-refractivity contribution in [2.75, 3.05) is 37.6 Å². The van der Waals surface area contributed by atoms with E-state index in [1.54, 1.807) is 12.1 Å². The molecule has 2 aliphatic rings. The molecule has 1 atom stereocenters. The van der Waals surface area contributed by atoms with E-state index in [4.69, 9.17) is 4.74 Å². The van der Waals surface area contributed by atoms with Gasteiger partial charge in [-0.05, 0) is 29.8 Å². The molecule has 0 spiro atoms. The smallest absolute Gasteiger partial charge is 0.410 e. The monoisotopic (exact) mass is 459 g/mol. The normalized spacial score (nSPS) is 19.9. The average Bonchev–Trinajstić information content (AvgIpc) is 3.16. The van der Waals surface area contributed by atoms with Crippen molar-refractivity contribution in [2.24, 2.45) is 0 Å². The van der Waals surface area contributed by atoms with Crippen molar-refractivity contribution in [3.63, 3.8) is 0 Å². The predicted octanol–water partition coefficient (Wildman–Crippen LogP) is 1.43. The number of benzene rings is 2. The maximum Gasteiger partial charge on any atom is 0.410 e. The highest BCUT2D eigenvalue weighted by molar-refractivity contribution is 7.89. The summed E-state index contributed by atoms with van der Waals surface area (Å²) in [4.78, 5) is 27.3. The van der Waals surface area contributed by atoms with Crippen LogP contribution in [-0.4, -0.2) is 73.6 Å². The summed E-state index contributed by atoms with van der Waals surface area (Å²) in [6.45, 7) is 1.19. The van der Waals surface area contributed by atoms with Crippen molar-refractivity contribution in [1.82, 2.24) is 9.21 Å². The van der Waals surface area contributed by atoms with Gasteiger partial charge in [0.05, 0.1) is 24.0 Å². The zero-order valence-electron chi connectivity index (χ0n) is 17.5. The molecule has 2 heterocycles. The maximum atomic E-state index is 13.0. The molecule has 0 aromatic heterocycles. The number of nitrogens with zero attached hydrogens (tertiary/aromatic N) is 3. The summed E-state index contributed by atoms with van der Waals surface area (Å²) in [5, 5.41) is 9.64. The summed E-state index contributed by atoms with van der Waals surface area (Å²) in [6.07, 6.45) is -1.10. The van der Waals surface area contributed by atoms with Crippen LogP contribution in [0.1, 0.15) is 12.0 Å². The second-order valence-corrected chi connectivity index (χ2v) is 9.73. The van der Waals surface area contributed by atoms with Gasteiger partial charge >= 0.3 is 6.09 Å². The van der Waals surface area contributed by atoms with Gasteiger partial charge in [0.2, 0.25) is 15.9 Å². The zero-order chi connectivity index (χ0) is 22.7. The SMILES string of the molecule is O=C(OCc1ccccc1)N1CCN(S(=O)(=O)c2ccc(N3CC(O)CC3=O)cc2)CC1. The first-order chi connectivity index (χ1) is 15.3. The number of ether oxygens (including phenoxy) is 1. The molecule has 2 aromatic rings. The number of sulfonamides is 1. The van der Waals surface area contributed by atoms with Gasteiger partial charge in [-0.25, -0.2) is 13.2 Å². The van der Waals surface area contributed by atoms with Crippen LogP contribution in [0, 0.1) is 0 Å². The molecule has 1 unspecified atom stereocenters. The van der Waals surface area contributed by atoms with Crippen LogP contribution in [0.5, 0.6) is 0 Å². The quantitative estimate of drug-likeness (QED) is 0.725. The Labute approximate surface area is 186 Å². The minimum atomic E-state index is -3.73. The average molecular weight is 460 g/mol. The van der Waals surface area contributed by atoms with Gasteiger partial charge in [-0.2, -0.15) is 4.31 Å². The summed E-state index contributed by atoms with van der Waals surface area (Å²) < 4.78 is 32.6. The van der Waals surface area contributed by atoms with Crippen molar-refractivity contribution in [3.05, 3.63) is 60.2 Å². The number of carbonyl (C=O) groups is 2. The lowest BCUT2D eigenvalue weighted by atomic mass is 10.2. The van der Waals surface area contributed by atoms with Gasteiger partial charge in [0.25, 0.3) is 0 Å². The third kappa shape index (κ3) is 4.77. The van der Waals surface area contributed by atoms with E-state index in [1.807, 2.05) is 30.3 Å². The minimum absolute atomic E-state index is 0.0676. The molecule has 2 fully saturated rings. The first-order valence-electron chi connectivity index (χ1n) is 10.4. The van der Waals surface area contributed by atoms with E-state index in [2.05, 4.69) is 0 Å². The number of β-amino-alcohol motifs (C(OH)–C–C–N with tert-alkyl or cyclic N) is 1. The molecule has 10 heteroatoms. The fourth-order valence-corrected chi connectivity index (χ4v) is 5.23. The molecule has 0 radical (unpaired) electrons. The molecule has 9 nitrogen and oxygen atoms in total. The van der Waals surface area contributed by atoms with Crippen LogP contribution in [0.2, 0.25) is 0 Å². The number of aliphatic hydroxyl groups is 1. The molecule has 4 rings (SSSR count). The third-order valence-corrected chi connectivity index (χ3v) is 7.51. The van der Waals surface area contributed by atoms with E-state index in [1.165, 1.54) is 26.2 Å². The number of amides is 2. The van der Waals surface area contributed by atoms with Crippen molar-refractivity contribution in [3.8, 4) is 0 Å². The van der Waals surface area contributed by atoms with Crippen molar-refractivity contribution in [2.45, 2.75) is 24.0 Å². The van der Waals surface area contributed by atoms with Crippen LogP contribution >= 0.6 is 0 Å². The molecular weight excluding hydrogens is 434 g/mol. The fraction of sp³-hybridized carbons (Fsp3) is 0.364. The van der Waals surface area contributed by atoms with E-state index in [9.17, 15) is 23.1 Å². The van der Waals surface area contributed by atoms with Gasteiger partial charge in [0.1, 0.15) is 6.61 Å². The summed E-state index contributed by atoms with van der Waals surface area (Å²) in [5.41, 5.74) is 1.44. The van der Waals surface area contributed by atoms with E-state index in [0.29, 0.717) is 5.69 Å². The molecule has 2 saturated heterocycles. The molecule has 2 aliphatic heterocycles. The number of piperazine rings is 1. The molecule has 32 heavy (non-hydrogen) atoms. The Balaban J connectivity index is 1.33. The number of rotatable bonds is 5. The third-order valence-electron chi connectivity index (χ3n) is 5.59. The highest BCUT2D eigenvalue weighted by atomic mass is 32.2. The van der Waals surface area contributed by atoms with Gasteiger partial charge in [-0.3, -0.25) is 4.79 Å². The van der Waals surface area contributed by atoms with Crippen molar-refractivity contribution in [1.29, 1.82) is 0 Å². The van der Waals surface area contributed by atoms with E-state index in [0.717, 1.165) is 5.56 Å². The Morgan fingerprint density at radius 2 is 1.66 bits per heavy atom. The number of aliphatic hydroxyl groups excluding tert-OH is 1. The summed E-state index contributed by atoms with van der Waals surface area (Å²) >= 11 is 0. The number of hydrogen-bond donors (Lipinski definition) is 1. The lowest BCUT2D eigenvalue weighted by Gasteiger charge is -2.33. The topological polar surface area (TPSA) is 107 Å². The Morgan fingerprint density at radius 3 is 2.25 bits per heavy atom. The van der Waals surface area contributed by atoms with Gasteiger partial charge in [-0.15, -0.1) is 0 Å². The minimum Gasteiger partial charge on any atom is -0.445 e. The summed E-state index contributed by atoms with van der Waals surface area (Å²) in [5.74, 6) is -0.191. The fourth-order valence-electron chi connectivity index (χ4n) is 3.81. The Kier molecular flexibility index (Phi) is 6.45. The van der Waals surface area contributed by atoms with Crippen LogP contribution in [0.25, 0.3) is 0 Å². The maximum absolute atomic E-state index is 13.0. The second-order valence-electron chi connectivity index (χ2n) is 7.79. The predicted molar refractivity (Wildman–Crippen MR) is 116 cm³/mol. The molecular formula is C22H25N3O6S. The summed E-state index contributed by atoms with van der Waals surface area (Å²) in [6, 6.07) is 15.4. The van der Waals surface area contributed by atoms with Crippen LogP contribution < -0.4 is 4.90 Å². The molecule has 1 N–H and O–H groups in total. The second kappa shape index (κ2) is 9.27. The van der Waals surface area contributed by atoms with Crippen molar-refractivity contribution < 1.29 is 27.9 Å². The summed E-state index contributed by atoms with van der Waals surface area (Å²) in [7, 11) is -3.73. The lowest BCUT2D eigenvalue weighted by molar-refractivity contribution is -0.117. The van der Waals surface area contributed by atoms with Crippen LogP contribution in [0.4, 0.5) is 10.5 Å². The van der Waals surface area contributed by atoms with E-state index < -0.39 is 22.2 Å². The van der Waals surface area contributed by atoms with Gasteiger partial charge in [-0.1, -0.05) is 30.3 Å². The first-order valence-corrected chi connectivity index (χ1v) is 11.8. The highest BCUT2D eigenvalue weighted by Gasteiger charge is 2.32. The highest BCUT2D eigenvalue weighted by Crippen LogP contribution is 2.25.